The molecule has 270 valence electrons. The standard InChI is InChI=1S/C40H67N5O3/c1-28-22-29(2)42-40(47)37(28)25-41-39(46)36-23-32(24-38(30(36)3)43(4)33-12-10-7-11-13-33)31-16-17-35(27-44-18-20-48-21-19-44)45(26-31)34-14-8-5-6-9-15-34/h23-24,28-29,31,33-35,37,40,42,47H,5-22,25-27H2,1-4H3,(H,41,46). The summed E-state index contributed by atoms with van der Waals surface area (Å²) in [5.41, 5.74) is 4.49. The molecule has 8 heteroatoms. The lowest BCUT2D eigenvalue weighted by Gasteiger charge is -2.46. The van der Waals surface area contributed by atoms with E-state index in [0.717, 1.165) is 56.9 Å². The van der Waals surface area contributed by atoms with Gasteiger partial charge >= 0.3 is 0 Å². The summed E-state index contributed by atoms with van der Waals surface area (Å²) < 4.78 is 5.70. The van der Waals surface area contributed by atoms with Gasteiger partial charge in [0.05, 0.1) is 13.2 Å². The van der Waals surface area contributed by atoms with Crippen molar-refractivity contribution in [3.05, 3.63) is 28.8 Å². The number of likely N-dealkylation sites (tertiary alicyclic amines) is 1. The Hall–Kier alpha value is -1.71. The molecular formula is C40H67N5O3. The smallest absolute Gasteiger partial charge is 0.251 e. The number of benzene rings is 1. The van der Waals surface area contributed by atoms with Crippen LogP contribution in [0.15, 0.2) is 12.1 Å². The molecule has 1 aromatic rings. The molecule has 48 heavy (non-hydrogen) atoms. The van der Waals surface area contributed by atoms with Crippen molar-refractivity contribution < 1.29 is 14.6 Å². The highest BCUT2D eigenvalue weighted by Crippen LogP contribution is 2.39. The quantitative estimate of drug-likeness (QED) is 0.277. The van der Waals surface area contributed by atoms with Crippen LogP contribution >= 0.6 is 0 Å². The number of aliphatic hydroxyl groups excluding tert-OH is 1. The minimum atomic E-state index is -0.591. The normalized spacial score (nSPS) is 32.1. The average Bonchev–Trinajstić information content (AvgIpc) is 3.38. The van der Waals surface area contributed by atoms with Gasteiger partial charge in [0, 0.05) is 81.1 Å². The Balaban J connectivity index is 1.26. The van der Waals surface area contributed by atoms with Crippen LogP contribution in [0.3, 0.4) is 0 Å². The second kappa shape index (κ2) is 17.0. The molecular weight excluding hydrogens is 598 g/mol. The molecule has 6 unspecified atom stereocenters. The Bertz CT molecular complexity index is 1160. The lowest BCUT2D eigenvalue weighted by atomic mass is 9.82. The maximum atomic E-state index is 14.1. The molecule has 2 aliphatic carbocycles. The minimum absolute atomic E-state index is 0.00675. The molecule has 5 fully saturated rings. The molecule has 3 saturated heterocycles. The van der Waals surface area contributed by atoms with E-state index in [-0.39, 0.29) is 11.8 Å². The second-order valence-corrected chi connectivity index (χ2v) is 16.4. The SMILES string of the molecule is Cc1c(C(=O)NCC2C(C)CC(C)NC2O)cc(C2CCC(CN3CCOCC3)N(C3CCCCCC3)C2)cc1N(C)C1CCCCC1. The molecule has 0 spiro atoms. The third-order valence-corrected chi connectivity index (χ3v) is 13.1. The van der Waals surface area contributed by atoms with Crippen molar-refractivity contribution >= 4 is 11.6 Å². The number of hydrogen-bond acceptors (Lipinski definition) is 7. The van der Waals surface area contributed by atoms with Crippen molar-refractivity contribution in [2.45, 2.75) is 147 Å². The van der Waals surface area contributed by atoms with Gasteiger partial charge < -0.3 is 20.1 Å². The van der Waals surface area contributed by atoms with Crippen LogP contribution in [0.1, 0.15) is 131 Å². The Labute approximate surface area is 291 Å². The number of hydrogen-bond donors (Lipinski definition) is 3. The first-order valence-electron chi connectivity index (χ1n) is 19.9. The van der Waals surface area contributed by atoms with E-state index in [1.54, 1.807) is 0 Å². The Morgan fingerprint density at radius 2 is 1.67 bits per heavy atom. The monoisotopic (exact) mass is 666 g/mol. The topological polar surface area (TPSA) is 80.3 Å². The maximum absolute atomic E-state index is 14.1. The lowest BCUT2D eigenvalue weighted by molar-refractivity contribution is 0.00263. The highest BCUT2D eigenvalue weighted by molar-refractivity contribution is 5.97. The van der Waals surface area contributed by atoms with Crippen LogP contribution in [0.2, 0.25) is 0 Å². The van der Waals surface area contributed by atoms with Gasteiger partial charge in [0.25, 0.3) is 5.91 Å². The van der Waals surface area contributed by atoms with Gasteiger partial charge in [-0.1, -0.05) is 51.9 Å². The molecule has 3 aliphatic heterocycles. The van der Waals surface area contributed by atoms with Crippen LogP contribution in [0, 0.1) is 18.8 Å². The zero-order chi connectivity index (χ0) is 33.6. The molecule has 3 heterocycles. The predicted molar refractivity (Wildman–Crippen MR) is 196 cm³/mol. The number of piperidine rings is 2. The van der Waals surface area contributed by atoms with Gasteiger partial charge in [0.2, 0.25) is 0 Å². The summed E-state index contributed by atoms with van der Waals surface area (Å²) >= 11 is 0. The fourth-order valence-corrected chi connectivity index (χ4v) is 10.0. The second-order valence-electron chi connectivity index (χ2n) is 16.4. The first kappa shape index (κ1) is 36.1. The molecule has 3 N–H and O–H groups in total. The molecule has 0 aromatic heterocycles. The van der Waals surface area contributed by atoms with Crippen molar-refractivity contribution in [3.63, 3.8) is 0 Å². The molecule has 0 bridgehead atoms. The van der Waals surface area contributed by atoms with E-state index in [4.69, 9.17) is 4.74 Å². The van der Waals surface area contributed by atoms with Crippen molar-refractivity contribution in [1.29, 1.82) is 0 Å². The summed E-state index contributed by atoms with van der Waals surface area (Å²) in [7, 11) is 2.27. The average molecular weight is 666 g/mol. The predicted octanol–water partition coefficient (Wildman–Crippen LogP) is 6.05. The Kier molecular flexibility index (Phi) is 12.8. The summed E-state index contributed by atoms with van der Waals surface area (Å²) in [6, 6.07) is 6.81. The number of rotatable bonds is 9. The Morgan fingerprint density at radius 3 is 2.38 bits per heavy atom. The maximum Gasteiger partial charge on any atom is 0.251 e. The van der Waals surface area contributed by atoms with Gasteiger partial charge in [0.1, 0.15) is 6.23 Å². The van der Waals surface area contributed by atoms with Gasteiger partial charge in [-0.15, -0.1) is 0 Å². The van der Waals surface area contributed by atoms with Crippen molar-refractivity contribution in [1.82, 2.24) is 20.4 Å². The Morgan fingerprint density at radius 1 is 0.979 bits per heavy atom. The highest BCUT2D eigenvalue weighted by atomic mass is 16.5. The lowest BCUT2D eigenvalue weighted by Crippen LogP contribution is -2.54. The number of carbonyl (C=O) groups is 1. The van der Waals surface area contributed by atoms with E-state index in [9.17, 15) is 9.90 Å². The van der Waals surface area contributed by atoms with Crippen LogP contribution in [0.25, 0.3) is 0 Å². The largest absolute Gasteiger partial charge is 0.379 e. The zero-order valence-corrected chi connectivity index (χ0v) is 30.7. The van der Waals surface area contributed by atoms with E-state index >= 15 is 0 Å². The molecule has 1 aromatic carbocycles. The van der Waals surface area contributed by atoms with E-state index < -0.39 is 6.23 Å². The molecule has 5 aliphatic rings. The zero-order valence-electron chi connectivity index (χ0n) is 30.7. The molecule has 6 rings (SSSR count). The van der Waals surface area contributed by atoms with E-state index in [2.05, 4.69) is 65.3 Å². The summed E-state index contributed by atoms with van der Waals surface area (Å²) in [6.45, 7) is 13.0. The number of morpholine rings is 1. The van der Waals surface area contributed by atoms with Crippen molar-refractivity contribution in [2.24, 2.45) is 11.8 Å². The van der Waals surface area contributed by atoms with Crippen LogP contribution in [0.5, 0.6) is 0 Å². The van der Waals surface area contributed by atoms with E-state index in [0.29, 0.717) is 42.5 Å². The third kappa shape index (κ3) is 8.77. The van der Waals surface area contributed by atoms with E-state index in [1.807, 2.05) is 0 Å². The van der Waals surface area contributed by atoms with Crippen LogP contribution in [0.4, 0.5) is 5.69 Å². The fraction of sp³-hybridized carbons (Fsp3) is 0.825. The minimum Gasteiger partial charge on any atom is -0.379 e. The number of nitrogens with zero attached hydrogens (tertiary/aromatic N) is 3. The van der Waals surface area contributed by atoms with Gasteiger partial charge in [-0.3, -0.25) is 19.9 Å². The third-order valence-electron chi connectivity index (χ3n) is 13.1. The van der Waals surface area contributed by atoms with Gasteiger partial charge in [0.15, 0.2) is 0 Å². The van der Waals surface area contributed by atoms with Crippen molar-refractivity contribution in [3.8, 4) is 0 Å². The molecule has 6 atom stereocenters. The van der Waals surface area contributed by atoms with E-state index in [1.165, 1.54) is 94.7 Å². The van der Waals surface area contributed by atoms with Crippen molar-refractivity contribution in [2.75, 3.05) is 57.9 Å². The molecule has 2 saturated carbocycles. The van der Waals surface area contributed by atoms with Crippen LogP contribution < -0.4 is 15.5 Å². The number of aliphatic hydroxyl groups is 1. The number of carbonyl (C=O) groups excluding carboxylic acids is 1. The van der Waals surface area contributed by atoms with Gasteiger partial charge in [-0.25, -0.2) is 0 Å². The number of nitrogens with one attached hydrogen (secondary N) is 2. The van der Waals surface area contributed by atoms with Crippen LogP contribution in [-0.2, 0) is 4.74 Å². The summed E-state index contributed by atoms with van der Waals surface area (Å²) in [6.07, 6.45) is 17.3. The molecule has 1 amide bonds. The number of anilines is 1. The number of amides is 1. The first-order valence-corrected chi connectivity index (χ1v) is 19.9. The van der Waals surface area contributed by atoms with Gasteiger partial charge in [-0.05, 0) is 93.9 Å². The first-order chi connectivity index (χ1) is 23.3. The molecule has 0 radical (unpaired) electrons. The summed E-state index contributed by atoms with van der Waals surface area (Å²) in [5.74, 6) is 0.783. The molecule has 8 nitrogen and oxygen atoms in total. The fourth-order valence-electron chi connectivity index (χ4n) is 10.0. The summed E-state index contributed by atoms with van der Waals surface area (Å²) in [4.78, 5) is 22.2. The highest BCUT2D eigenvalue weighted by Gasteiger charge is 2.37. The number of ether oxygens (including phenoxy) is 1. The van der Waals surface area contributed by atoms with Gasteiger partial charge in [-0.2, -0.15) is 0 Å². The summed E-state index contributed by atoms with van der Waals surface area (Å²) in [5, 5.41) is 17.4. The van der Waals surface area contributed by atoms with Crippen LogP contribution in [-0.4, -0.2) is 104 Å².